The second-order valence-corrected chi connectivity index (χ2v) is 7.03. The van der Waals surface area contributed by atoms with Gasteiger partial charge in [-0.3, -0.25) is 19.2 Å². The van der Waals surface area contributed by atoms with Crippen molar-refractivity contribution < 1.29 is 19.3 Å². The van der Waals surface area contributed by atoms with Crippen LogP contribution >= 0.6 is 12.2 Å². The van der Waals surface area contributed by atoms with Crippen LogP contribution in [0.1, 0.15) is 0 Å². The largest absolute Gasteiger partial charge is 0.495 e. The van der Waals surface area contributed by atoms with Crippen LogP contribution in [0.15, 0.2) is 42.5 Å². The maximum Gasteiger partial charge on any atom is 0.271 e. The second-order valence-electron chi connectivity index (χ2n) is 6.67. The Hall–Kier alpha value is -2.75. The molecule has 0 radical (unpaired) electrons. The first-order valence-corrected chi connectivity index (χ1v) is 9.45. The summed E-state index contributed by atoms with van der Waals surface area (Å²) in [5.41, 5.74) is 2.41. The Balaban J connectivity index is 1.93. The Bertz CT molecular complexity index is 1090. The number of rotatable bonds is 5. The molecule has 0 saturated carbocycles. The van der Waals surface area contributed by atoms with Gasteiger partial charge in [-0.1, -0.05) is 12.1 Å². The van der Waals surface area contributed by atoms with E-state index < -0.39 is 0 Å². The number of nitro groups is 1. The van der Waals surface area contributed by atoms with E-state index in [0.29, 0.717) is 30.4 Å². The van der Waals surface area contributed by atoms with Crippen LogP contribution in [0.5, 0.6) is 5.75 Å². The summed E-state index contributed by atoms with van der Waals surface area (Å²) in [4.78, 5) is 12.3. The van der Waals surface area contributed by atoms with E-state index in [1.807, 2.05) is 33.4 Å². The number of nitrogens with zero attached hydrogens (tertiary/aromatic N) is 3. The van der Waals surface area contributed by atoms with Gasteiger partial charge in [0.1, 0.15) is 18.8 Å². The van der Waals surface area contributed by atoms with E-state index in [4.69, 9.17) is 21.7 Å². The first kappa shape index (κ1) is 18.6. The molecule has 1 aromatic heterocycles. The SMILES string of the molecule is COc1ccccc1-n1c(=S)n(C[NH+]2CCOCC2)c2cc([N+](=O)[O-])ccc21. The van der Waals surface area contributed by atoms with Gasteiger partial charge in [0.05, 0.1) is 42.0 Å². The molecule has 0 unspecified atom stereocenters. The van der Waals surface area contributed by atoms with Crippen LogP contribution in [-0.2, 0) is 11.4 Å². The number of hydrogen-bond donors (Lipinski definition) is 1. The highest BCUT2D eigenvalue weighted by Crippen LogP contribution is 2.30. The van der Waals surface area contributed by atoms with Crippen molar-refractivity contribution in [1.82, 2.24) is 9.13 Å². The summed E-state index contributed by atoms with van der Waals surface area (Å²) in [6.45, 7) is 3.78. The Labute approximate surface area is 166 Å². The van der Waals surface area contributed by atoms with Crippen LogP contribution in [0.25, 0.3) is 16.7 Å². The number of non-ortho nitro benzene ring substituents is 1. The normalized spacial score (nSPS) is 15.0. The molecule has 1 saturated heterocycles. The van der Waals surface area contributed by atoms with Crippen LogP contribution in [-0.4, -0.2) is 47.5 Å². The minimum atomic E-state index is -0.380. The molecule has 9 heteroatoms. The fraction of sp³-hybridized carbons (Fsp3) is 0.316. The average molecular weight is 401 g/mol. The molecule has 0 amide bonds. The third-order valence-electron chi connectivity index (χ3n) is 5.03. The van der Waals surface area contributed by atoms with Crippen LogP contribution in [0.2, 0.25) is 0 Å². The van der Waals surface area contributed by atoms with Gasteiger partial charge in [0.2, 0.25) is 0 Å². The maximum absolute atomic E-state index is 11.3. The van der Waals surface area contributed by atoms with Gasteiger partial charge in [0.25, 0.3) is 5.69 Å². The second kappa shape index (κ2) is 7.70. The molecular formula is C19H21N4O4S+. The van der Waals surface area contributed by atoms with Crippen molar-refractivity contribution in [2.24, 2.45) is 0 Å². The molecule has 1 fully saturated rings. The quantitative estimate of drug-likeness (QED) is 0.402. The van der Waals surface area contributed by atoms with Gasteiger partial charge in [-0.05, 0) is 30.4 Å². The summed E-state index contributed by atoms with van der Waals surface area (Å²) in [5, 5.41) is 11.3. The van der Waals surface area contributed by atoms with Gasteiger partial charge in [0.15, 0.2) is 11.4 Å². The van der Waals surface area contributed by atoms with E-state index >= 15 is 0 Å². The Kier molecular flexibility index (Phi) is 5.12. The molecule has 0 spiro atoms. The zero-order valence-corrected chi connectivity index (χ0v) is 16.3. The molecule has 28 heavy (non-hydrogen) atoms. The minimum Gasteiger partial charge on any atom is -0.495 e. The van der Waals surface area contributed by atoms with Crippen LogP contribution in [0.3, 0.4) is 0 Å². The first-order chi connectivity index (χ1) is 13.6. The molecule has 3 aromatic rings. The number of morpholine rings is 1. The van der Waals surface area contributed by atoms with Crippen molar-refractivity contribution in [1.29, 1.82) is 0 Å². The molecule has 8 nitrogen and oxygen atoms in total. The van der Waals surface area contributed by atoms with E-state index in [-0.39, 0.29) is 10.6 Å². The molecule has 1 aliphatic rings. The number of para-hydroxylation sites is 2. The van der Waals surface area contributed by atoms with Crippen LogP contribution in [0, 0.1) is 14.9 Å². The van der Waals surface area contributed by atoms with Gasteiger partial charge < -0.3 is 14.4 Å². The van der Waals surface area contributed by atoms with Crippen molar-refractivity contribution in [3.63, 3.8) is 0 Å². The van der Waals surface area contributed by atoms with E-state index in [9.17, 15) is 10.1 Å². The van der Waals surface area contributed by atoms with E-state index in [2.05, 4.69) is 0 Å². The third-order valence-corrected chi connectivity index (χ3v) is 5.43. The van der Waals surface area contributed by atoms with E-state index in [1.165, 1.54) is 11.0 Å². The van der Waals surface area contributed by atoms with Gasteiger partial charge in [-0.25, -0.2) is 0 Å². The fourth-order valence-corrected chi connectivity index (χ4v) is 3.96. The smallest absolute Gasteiger partial charge is 0.271 e. The van der Waals surface area contributed by atoms with Crippen molar-refractivity contribution >= 4 is 28.9 Å². The molecular weight excluding hydrogens is 380 g/mol. The number of imidazole rings is 1. The predicted molar refractivity (Wildman–Crippen MR) is 107 cm³/mol. The van der Waals surface area contributed by atoms with Gasteiger partial charge in [0, 0.05) is 12.1 Å². The maximum atomic E-state index is 11.3. The Morgan fingerprint density at radius 1 is 1.21 bits per heavy atom. The number of fused-ring (bicyclic) bond motifs is 1. The zero-order valence-electron chi connectivity index (χ0n) is 15.5. The molecule has 1 aliphatic heterocycles. The molecule has 146 valence electrons. The summed E-state index contributed by atoms with van der Waals surface area (Å²) in [6.07, 6.45) is 0. The first-order valence-electron chi connectivity index (χ1n) is 9.04. The Morgan fingerprint density at radius 3 is 2.68 bits per heavy atom. The number of hydrogen-bond acceptors (Lipinski definition) is 5. The number of methoxy groups -OCH3 is 1. The summed E-state index contributed by atoms with van der Waals surface area (Å²) in [5.74, 6) is 0.690. The number of aromatic nitrogens is 2. The van der Waals surface area contributed by atoms with Crippen molar-refractivity contribution in [3.05, 3.63) is 57.3 Å². The highest BCUT2D eigenvalue weighted by atomic mass is 32.1. The van der Waals surface area contributed by atoms with Gasteiger partial charge >= 0.3 is 0 Å². The monoisotopic (exact) mass is 401 g/mol. The number of benzene rings is 2. The Morgan fingerprint density at radius 2 is 1.96 bits per heavy atom. The van der Waals surface area contributed by atoms with Crippen molar-refractivity contribution in [3.8, 4) is 11.4 Å². The van der Waals surface area contributed by atoms with Crippen molar-refractivity contribution in [2.45, 2.75) is 6.67 Å². The lowest BCUT2D eigenvalue weighted by molar-refractivity contribution is -0.930. The number of ether oxygens (including phenoxy) is 2. The standard InChI is InChI=1S/C19H20N4O4S/c1-26-18-5-3-2-4-16(18)22-15-7-6-14(23(24)25)12-17(15)21(19(22)28)13-20-8-10-27-11-9-20/h2-7,12H,8-11,13H2,1H3/p+1. The molecule has 0 aliphatic carbocycles. The molecule has 2 aromatic carbocycles. The molecule has 4 rings (SSSR count). The average Bonchev–Trinajstić information content (AvgIpc) is 2.99. The highest BCUT2D eigenvalue weighted by molar-refractivity contribution is 7.71. The minimum absolute atomic E-state index is 0.0467. The van der Waals surface area contributed by atoms with Gasteiger partial charge in [-0.15, -0.1) is 0 Å². The van der Waals surface area contributed by atoms with E-state index in [1.54, 1.807) is 19.2 Å². The topological polar surface area (TPSA) is 75.9 Å². The van der Waals surface area contributed by atoms with Crippen LogP contribution in [0.4, 0.5) is 5.69 Å². The van der Waals surface area contributed by atoms with E-state index in [0.717, 1.165) is 29.8 Å². The lowest BCUT2D eigenvalue weighted by Gasteiger charge is -2.24. The highest BCUT2D eigenvalue weighted by Gasteiger charge is 2.21. The zero-order chi connectivity index (χ0) is 19.7. The summed E-state index contributed by atoms with van der Waals surface area (Å²) >= 11 is 5.82. The molecule has 1 N–H and O–H groups in total. The van der Waals surface area contributed by atoms with Crippen LogP contribution < -0.4 is 9.64 Å². The molecule has 0 bridgehead atoms. The third kappa shape index (κ3) is 3.28. The van der Waals surface area contributed by atoms with Gasteiger partial charge in [-0.2, -0.15) is 0 Å². The molecule has 2 heterocycles. The number of nitro benzene ring substituents is 1. The lowest BCUT2D eigenvalue weighted by Crippen LogP contribution is -3.13. The fourth-order valence-electron chi connectivity index (χ4n) is 3.60. The lowest BCUT2D eigenvalue weighted by atomic mass is 10.2. The number of quaternary nitrogens is 1. The summed E-state index contributed by atoms with van der Waals surface area (Å²) in [7, 11) is 1.62. The predicted octanol–water partition coefficient (Wildman–Crippen LogP) is 1.95. The summed E-state index contributed by atoms with van der Waals surface area (Å²) in [6, 6.07) is 12.5. The molecule has 0 atom stereocenters. The van der Waals surface area contributed by atoms with Crippen molar-refractivity contribution in [2.75, 3.05) is 33.4 Å². The number of nitrogens with one attached hydrogen (secondary N) is 1. The summed E-state index contributed by atoms with van der Waals surface area (Å²) < 4.78 is 15.4.